The van der Waals surface area contributed by atoms with Crippen molar-refractivity contribution in [3.8, 4) is 17.1 Å². The lowest BCUT2D eigenvalue weighted by Crippen LogP contribution is -2.17. The summed E-state index contributed by atoms with van der Waals surface area (Å²) < 4.78 is 57.3. The van der Waals surface area contributed by atoms with E-state index in [0.29, 0.717) is 41.3 Å². The number of alkyl halides is 3. The van der Waals surface area contributed by atoms with Crippen molar-refractivity contribution in [1.82, 2.24) is 14.5 Å². The van der Waals surface area contributed by atoms with Crippen molar-refractivity contribution in [2.24, 2.45) is 0 Å². The predicted octanol–water partition coefficient (Wildman–Crippen LogP) is 5.75. The minimum atomic E-state index is -4.73. The molecule has 0 amide bonds. The zero-order valence-electron chi connectivity index (χ0n) is 15.3. The Hall–Kier alpha value is -3.16. The van der Waals surface area contributed by atoms with Crippen LogP contribution in [0.5, 0.6) is 5.75 Å². The number of aromatic nitrogens is 3. The number of benzene rings is 1. The molecule has 1 aromatic carbocycles. The maximum Gasteiger partial charge on any atom is 0.573 e. The summed E-state index contributed by atoms with van der Waals surface area (Å²) in [6.45, 7) is 0.324. The third-order valence-corrected chi connectivity index (χ3v) is 4.51. The van der Waals surface area contributed by atoms with Crippen LogP contribution >= 0.6 is 0 Å². The van der Waals surface area contributed by atoms with Crippen LogP contribution in [0.4, 0.5) is 17.6 Å². The van der Waals surface area contributed by atoms with Gasteiger partial charge in [0, 0.05) is 25.4 Å². The highest BCUT2D eigenvalue weighted by Gasteiger charge is 2.31. The minimum Gasteiger partial charge on any atom is -0.406 e. The van der Waals surface area contributed by atoms with Gasteiger partial charge in [0.1, 0.15) is 17.3 Å². The summed E-state index contributed by atoms with van der Waals surface area (Å²) >= 11 is 0. The van der Waals surface area contributed by atoms with Gasteiger partial charge in [-0.1, -0.05) is 24.3 Å². The molecule has 0 atom stereocenters. The van der Waals surface area contributed by atoms with Crippen molar-refractivity contribution < 1.29 is 22.3 Å². The summed E-state index contributed by atoms with van der Waals surface area (Å²) in [5.41, 5.74) is 2.25. The molecule has 0 N–H and O–H groups in total. The Morgan fingerprint density at radius 1 is 1.10 bits per heavy atom. The molecule has 150 valence electrons. The average molecular weight is 403 g/mol. The summed E-state index contributed by atoms with van der Waals surface area (Å²) in [5.74, 6) is -0.146. The highest BCUT2D eigenvalue weighted by molar-refractivity contribution is 5.74. The summed E-state index contributed by atoms with van der Waals surface area (Å²) in [6.07, 6.45) is 4.33. The number of ether oxygens (including phenoxy) is 1. The SMILES string of the molecule is FC1=C(c2nc3ccn(Cc4cccc(OC(F)(F)F)c4)cc-3n2)C=CCCC1. The van der Waals surface area contributed by atoms with E-state index in [9.17, 15) is 17.6 Å². The van der Waals surface area contributed by atoms with Crippen LogP contribution in [0.3, 0.4) is 0 Å². The fourth-order valence-corrected chi connectivity index (χ4v) is 3.22. The van der Waals surface area contributed by atoms with E-state index in [0.717, 1.165) is 12.8 Å². The molecule has 2 aliphatic heterocycles. The molecule has 1 aromatic rings. The van der Waals surface area contributed by atoms with Crippen LogP contribution in [0.15, 0.2) is 60.7 Å². The molecule has 29 heavy (non-hydrogen) atoms. The molecule has 0 unspecified atom stereocenters. The molecule has 1 aliphatic carbocycles. The Kier molecular flexibility index (Phi) is 5.08. The average Bonchev–Trinajstić information content (AvgIpc) is 2.94. The van der Waals surface area contributed by atoms with Gasteiger partial charge in [-0.05, 0) is 36.6 Å². The monoisotopic (exact) mass is 403 g/mol. The van der Waals surface area contributed by atoms with E-state index in [1.165, 1.54) is 18.2 Å². The lowest BCUT2D eigenvalue weighted by atomic mass is 10.2. The third-order valence-electron chi connectivity index (χ3n) is 4.51. The molecule has 3 aliphatic rings. The van der Waals surface area contributed by atoms with Gasteiger partial charge in [-0.15, -0.1) is 13.2 Å². The molecule has 0 saturated carbocycles. The Bertz CT molecular complexity index is 1050. The smallest absolute Gasteiger partial charge is 0.406 e. The highest BCUT2D eigenvalue weighted by atomic mass is 19.4. The molecular formula is C21H17F4N3O. The van der Waals surface area contributed by atoms with Gasteiger partial charge in [-0.25, -0.2) is 14.4 Å². The van der Waals surface area contributed by atoms with E-state index < -0.39 is 6.36 Å². The van der Waals surface area contributed by atoms with Crippen LogP contribution in [0.1, 0.15) is 30.7 Å². The lowest BCUT2D eigenvalue weighted by Gasteiger charge is -2.11. The molecule has 0 radical (unpaired) electrons. The van der Waals surface area contributed by atoms with Gasteiger partial charge in [0.25, 0.3) is 0 Å². The minimum absolute atomic E-state index is 0.219. The summed E-state index contributed by atoms with van der Waals surface area (Å²) in [7, 11) is 0. The number of rotatable bonds is 4. The number of fused-ring (bicyclic) bond motifs is 1. The van der Waals surface area contributed by atoms with Gasteiger partial charge in [-0.2, -0.15) is 0 Å². The van der Waals surface area contributed by atoms with Crippen LogP contribution < -0.4 is 4.74 Å². The molecule has 2 heterocycles. The number of imidazole rings is 1. The van der Waals surface area contributed by atoms with E-state index in [2.05, 4.69) is 14.7 Å². The van der Waals surface area contributed by atoms with E-state index in [-0.39, 0.29) is 11.6 Å². The molecule has 0 fully saturated rings. The van der Waals surface area contributed by atoms with Crippen molar-refractivity contribution in [1.29, 1.82) is 0 Å². The van der Waals surface area contributed by atoms with E-state index in [1.807, 2.05) is 6.08 Å². The predicted molar refractivity (Wildman–Crippen MR) is 99.9 cm³/mol. The largest absolute Gasteiger partial charge is 0.573 e. The molecule has 4 nitrogen and oxygen atoms in total. The summed E-state index contributed by atoms with van der Waals surface area (Å²) in [4.78, 5) is 8.85. The molecule has 0 aromatic heterocycles. The van der Waals surface area contributed by atoms with Gasteiger partial charge in [0.15, 0.2) is 5.82 Å². The highest BCUT2D eigenvalue weighted by Crippen LogP contribution is 2.30. The van der Waals surface area contributed by atoms with Crippen LogP contribution in [0, 0.1) is 0 Å². The van der Waals surface area contributed by atoms with E-state index in [1.54, 1.807) is 35.2 Å². The van der Waals surface area contributed by atoms with Gasteiger partial charge < -0.3 is 9.30 Å². The maximum atomic E-state index is 14.3. The first-order chi connectivity index (χ1) is 13.9. The molecule has 0 saturated heterocycles. The quantitative estimate of drug-likeness (QED) is 0.521. The second-order valence-electron chi connectivity index (χ2n) is 6.74. The Labute approximate surface area is 164 Å². The van der Waals surface area contributed by atoms with Gasteiger partial charge in [0.2, 0.25) is 0 Å². The van der Waals surface area contributed by atoms with Crippen molar-refractivity contribution in [2.75, 3.05) is 0 Å². The topological polar surface area (TPSA) is 39.9 Å². The lowest BCUT2D eigenvalue weighted by molar-refractivity contribution is -0.274. The molecule has 0 spiro atoms. The Balaban J connectivity index is 1.59. The van der Waals surface area contributed by atoms with Crippen LogP contribution in [0.2, 0.25) is 0 Å². The third kappa shape index (κ3) is 4.64. The number of hydrogen-bond acceptors (Lipinski definition) is 3. The van der Waals surface area contributed by atoms with Crippen LogP contribution in [0.25, 0.3) is 17.0 Å². The Morgan fingerprint density at radius 3 is 2.76 bits per heavy atom. The second-order valence-corrected chi connectivity index (χ2v) is 6.74. The van der Waals surface area contributed by atoms with Crippen molar-refractivity contribution in [2.45, 2.75) is 32.2 Å². The molecule has 8 heteroatoms. The Morgan fingerprint density at radius 2 is 1.93 bits per heavy atom. The van der Waals surface area contributed by atoms with Crippen LogP contribution in [-0.2, 0) is 6.54 Å². The number of nitrogens with zero attached hydrogens (tertiary/aromatic N) is 3. The van der Waals surface area contributed by atoms with Crippen molar-refractivity contribution in [3.63, 3.8) is 0 Å². The first kappa shape index (κ1) is 19.2. The molecular weight excluding hydrogens is 386 g/mol. The van der Waals surface area contributed by atoms with Crippen molar-refractivity contribution in [3.05, 3.63) is 72.1 Å². The number of hydrogen-bond donors (Lipinski definition) is 0. The number of halogens is 4. The van der Waals surface area contributed by atoms with E-state index in [4.69, 9.17) is 0 Å². The van der Waals surface area contributed by atoms with Gasteiger partial charge >= 0.3 is 6.36 Å². The van der Waals surface area contributed by atoms with Gasteiger partial charge in [-0.3, -0.25) is 0 Å². The molecule has 4 rings (SSSR count). The van der Waals surface area contributed by atoms with Gasteiger partial charge in [0.05, 0.1) is 11.3 Å². The standard InChI is InChI=1S/C21H17F4N3O/c22-17-8-3-1-2-7-16(17)20-26-18-9-10-28(13-19(18)27-20)12-14-5-4-6-15(11-14)29-21(23,24)25/h2,4-7,9-11,13H,1,3,8,12H2. The second kappa shape index (κ2) is 7.69. The summed E-state index contributed by atoms with van der Waals surface area (Å²) in [6, 6.07) is 7.55. The first-order valence-electron chi connectivity index (χ1n) is 9.11. The normalized spacial score (nSPS) is 15.0. The first-order valence-corrected chi connectivity index (χ1v) is 9.11. The zero-order valence-corrected chi connectivity index (χ0v) is 15.3. The number of pyridine rings is 1. The fourth-order valence-electron chi connectivity index (χ4n) is 3.22. The molecule has 0 bridgehead atoms. The fraction of sp³-hybridized carbons (Fsp3) is 0.238. The summed E-state index contributed by atoms with van der Waals surface area (Å²) in [5, 5.41) is 0. The van der Waals surface area contributed by atoms with E-state index >= 15 is 0 Å². The van der Waals surface area contributed by atoms with Crippen LogP contribution in [-0.4, -0.2) is 20.9 Å². The maximum absolute atomic E-state index is 14.3. The number of allylic oxidation sites excluding steroid dienone is 4. The zero-order chi connectivity index (χ0) is 20.4. The van der Waals surface area contributed by atoms with Crippen molar-refractivity contribution >= 4 is 5.57 Å².